The molecule has 0 heterocycles. The van der Waals surface area contributed by atoms with Crippen LogP contribution < -0.4 is 16.8 Å². The van der Waals surface area contributed by atoms with Gasteiger partial charge in [-0.05, 0) is 45.8 Å². The molecule has 1 atom stereocenters. The lowest BCUT2D eigenvalue weighted by Crippen LogP contribution is -2.38. The second-order valence-corrected chi connectivity index (χ2v) is 5.01. The molecule has 0 aliphatic carbocycles. The molecule has 0 fully saturated rings. The van der Waals surface area contributed by atoms with Crippen molar-refractivity contribution in [2.75, 3.05) is 6.54 Å². The number of carbonyl (C=O) groups is 1. The van der Waals surface area contributed by atoms with Gasteiger partial charge in [-0.1, -0.05) is 0 Å². The van der Waals surface area contributed by atoms with Gasteiger partial charge >= 0.3 is 5.97 Å². The number of thiocarbonyl (C=S) groups is 1. The topological polar surface area (TPSA) is 90.4 Å². The zero-order valence-corrected chi connectivity index (χ0v) is 10.9. The highest BCUT2D eigenvalue weighted by atomic mass is 32.1. The van der Waals surface area contributed by atoms with Crippen molar-refractivity contribution in [3.05, 3.63) is 0 Å². The van der Waals surface area contributed by atoms with Crippen molar-refractivity contribution in [2.24, 2.45) is 11.5 Å². The molecule has 0 spiro atoms. The summed E-state index contributed by atoms with van der Waals surface area (Å²) in [5.41, 5.74) is 10.4. The predicted molar refractivity (Wildman–Crippen MR) is 67.8 cm³/mol. The molecule has 94 valence electrons. The van der Waals surface area contributed by atoms with Crippen LogP contribution in [0.5, 0.6) is 0 Å². The highest BCUT2D eigenvalue weighted by molar-refractivity contribution is 7.80. The zero-order chi connectivity index (χ0) is 12.8. The van der Waals surface area contributed by atoms with Crippen molar-refractivity contribution in [3.63, 3.8) is 0 Å². The number of nitrogens with one attached hydrogen (secondary N) is 1. The predicted octanol–water partition coefficient (Wildman–Crippen LogP) is 0.269. The van der Waals surface area contributed by atoms with Crippen LogP contribution in [0.4, 0.5) is 0 Å². The van der Waals surface area contributed by atoms with Crippen LogP contribution in [0.2, 0.25) is 0 Å². The quantitative estimate of drug-likeness (QED) is 0.367. The highest BCUT2D eigenvalue weighted by Crippen LogP contribution is 2.09. The first-order valence-electron chi connectivity index (χ1n) is 5.24. The first-order chi connectivity index (χ1) is 7.22. The zero-order valence-electron chi connectivity index (χ0n) is 10.1. The van der Waals surface area contributed by atoms with Gasteiger partial charge in [0.25, 0.3) is 0 Å². The van der Waals surface area contributed by atoms with Gasteiger partial charge in [-0.3, -0.25) is 4.79 Å². The van der Waals surface area contributed by atoms with Crippen molar-refractivity contribution in [2.45, 2.75) is 45.3 Å². The van der Waals surface area contributed by atoms with E-state index in [9.17, 15) is 4.79 Å². The molecule has 5 nitrogen and oxygen atoms in total. The first kappa shape index (κ1) is 15.1. The van der Waals surface area contributed by atoms with E-state index in [1.165, 1.54) is 0 Å². The Labute approximate surface area is 102 Å². The Morgan fingerprint density at radius 1 is 1.50 bits per heavy atom. The lowest BCUT2D eigenvalue weighted by Gasteiger charge is -2.22. The van der Waals surface area contributed by atoms with Gasteiger partial charge < -0.3 is 21.5 Å². The monoisotopic (exact) mass is 247 g/mol. The fourth-order valence-corrected chi connectivity index (χ4v) is 1.13. The van der Waals surface area contributed by atoms with Crippen molar-refractivity contribution in [1.29, 1.82) is 0 Å². The van der Waals surface area contributed by atoms with Crippen LogP contribution in [0.3, 0.4) is 0 Å². The van der Waals surface area contributed by atoms with Crippen LogP contribution in [0.25, 0.3) is 0 Å². The summed E-state index contributed by atoms with van der Waals surface area (Å²) >= 11 is 4.64. The number of carbonyl (C=O) groups excluding carboxylic acids is 1. The van der Waals surface area contributed by atoms with Gasteiger partial charge in [-0.25, -0.2) is 0 Å². The Kier molecular flexibility index (Phi) is 6.28. The van der Waals surface area contributed by atoms with E-state index < -0.39 is 11.6 Å². The molecule has 0 aromatic heterocycles. The normalized spacial score (nSPS) is 13.0. The van der Waals surface area contributed by atoms with Crippen molar-refractivity contribution >= 4 is 23.3 Å². The van der Waals surface area contributed by atoms with Gasteiger partial charge in [0.2, 0.25) is 0 Å². The molecular formula is C10H21N3O2S. The molecule has 0 aromatic rings. The lowest BCUT2D eigenvalue weighted by molar-refractivity contribution is -0.156. The number of hydrogen-bond acceptors (Lipinski definition) is 4. The van der Waals surface area contributed by atoms with Crippen LogP contribution in [0, 0.1) is 0 Å². The summed E-state index contributed by atoms with van der Waals surface area (Å²) in [4.78, 5) is 11.5. The summed E-state index contributed by atoms with van der Waals surface area (Å²) in [6, 6.07) is -0.590. The molecule has 16 heavy (non-hydrogen) atoms. The van der Waals surface area contributed by atoms with Crippen LogP contribution in [-0.2, 0) is 9.53 Å². The van der Waals surface area contributed by atoms with E-state index in [1.807, 2.05) is 20.8 Å². The van der Waals surface area contributed by atoms with Crippen LogP contribution in [0.1, 0.15) is 33.6 Å². The second-order valence-electron chi connectivity index (χ2n) is 4.57. The number of esters is 1. The summed E-state index contributed by atoms with van der Waals surface area (Å²) < 4.78 is 5.14. The van der Waals surface area contributed by atoms with Gasteiger partial charge in [-0.2, -0.15) is 0 Å². The number of rotatable bonds is 5. The lowest BCUT2D eigenvalue weighted by atomic mass is 10.1. The minimum absolute atomic E-state index is 0.255. The van der Waals surface area contributed by atoms with Crippen molar-refractivity contribution < 1.29 is 9.53 Å². The van der Waals surface area contributed by atoms with E-state index in [0.29, 0.717) is 13.0 Å². The Balaban J connectivity index is 3.76. The van der Waals surface area contributed by atoms with E-state index in [1.54, 1.807) is 0 Å². The summed E-state index contributed by atoms with van der Waals surface area (Å²) in [6.07, 6.45) is 1.27. The summed E-state index contributed by atoms with van der Waals surface area (Å²) in [6.45, 7) is 6.05. The molecule has 0 radical (unpaired) electrons. The van der Waals surface area contributed by atoms with Crippen LogP contribution >= 0.6 is 12.2 Å². The van der Waals surface area contributed by atoms with E-state index >= 15 is 0 Å². The molecule has 0 amide bonds. The van der Waals surface area contributed by atoms with E-state index in [-0.39, 0.29) is 11.1 Å². The largest absolute Gasteiger partial charge is 0.459 e. The summed E-state index contributed by atoms with van der Waals surface area (Å²) in [7, 11) is 0. The molecule has 0 unspecified atom stereocenters. The average molecular weight is 247 g/mol. The van der Waals surface area contributed by atoms with Crippen molar-refractivity contribution in [3.8, 4) is 0 Å². The Hall–Kier alpha value is -0.880. The summed E-state index contributed by atoms with van der Waals surface area (Å²) in [5, 5.41) is 3.05. The first-order valence-corrected chi connectivity index (χ1v) is 5.65. The van der Waals surface area contributed by atoms with Crippen LogP contribution in [0.15, 0.2) is 0 Å². The molecule has 6 heteroatoms. The highest BCUT2D eigenvalue weighted by Gasteiger charge is 2.21. The van der Waals surface area contributed by atoms with Gasteiger partial charge in [0.05, 0.1) is 0 Å². The third-order valence-corrected chi connectivity index (χ3v) is 1.85. The fourth-order valence-electron chi connectivity index (χ4n) is 1.03. The molecular weight excluding hydrogens is 226 g/mol. The number of hydrogen-bond donors (Lipinski definition) is 3. The van der Waals surface area contributed by atoms with E-state index in [0.717, 1.165) is 6.42 Å². The molecule has 0 saturated heterocycles. The average Bonchev–Trinajstić information content (AvgIpc) is 2.08. The minimum atomic E-state index is -0.590. The Morgan fingerprint density at radius 3 is 2.50 bits per heavy atom. The molecule has 0 rings (SSSR count). The van der Waals surface area contributed by atoms with E-state index in [4.69, 9.17) is 16.2 Å². The maximum atomic E-state index is 11.5. The second kappa shape index (κ2) is 6.65. The maximum Gasteiger partial charge on any atom is 0.323 e. The van der Waals surface area contributed by atoms with Gasteiger partial charge in [0.15, 0.2) is 5.11 Å². The molecule has 0 aliphatic heterocycles. The van der Waals surface area contributed by atoms with Gasteiger partial charge in [0, 0.05) is 6.54 Å². The van der Waals surface area contributed by atoms with Crippen molar-refractivity contribution in [1.82, 2.24) is 5.32 Å². The van der Waals surface area contributed by atoms with Crippen LogP contribution in [-0.4, -0.2) is 29.3 Å². The Bertz CT molecular complexity index is 251. The van der Waals surface area contributed by atoms with E-state index in [2.05, 4.69) is 17.5 Å². The third-order valence-electron chi connectivity index (χ3n) is 1.70. The molecule has 0 aliphatic rings. The van der Waals surface area contributed by atoms with Gasteiger partial charge in [-0.15, -0.1) is 0 Å². The Morgan fingerprint density at radius 2 is 2.06 bits per heavy atom. The molecule has 0 bridgehead atoms. The molecule has 0 saturated carbocycles. The maximum absolute atomic E-state index is 11.5. The molecule has 0 aromatic carbocycles. The fraction of sp³-hybridized carbons (Fsp3) is 0.800. The summed E-state index contributed by atoms with van der Waals surface area (Å²) in [5.74, 6) is -0.372. The third kappa shape index (κ3) is 8.43. The SMILES string of the molecule is CC(C)(C)OC(=O)[C@@H](N)CCCNC(N)=S. The minimum Gasteiger partial charge on any atom is -0.459 e. The van der Waals surface area contributed by atoms with Gasteiger partial charge in [0.1, 0.15) is 11.6 Å². The smallest absolute Gasteiger partial charge is 0.323 e. The number of nitrogens with two attached hydrogens (primary N) is 2. The molecule has 5 N–H and O–H groups in total. The number of ether oxygens (including phenoxy) is 1. The standard InChI is InChI=1S/C10H21N3O2S/c1-10(2,3)15-8(14)7(11)5-4-6-13-9(12)16/h7H,4-6,11H2,1-3H3,(H3,12,13,16)/t7-/m0/s1.